The van der Waals surface area contributed by atoms with Gasteiger partial charge in [0.05, 0.1) is 12.5 Å². The zero-order valence-corrected chi connectivity index (χ0v) is 8.95. The zero-order valence-electron chi connectivity index (χ0n) is 8.20. The number of hydrogen-bond donors (Lipinski definition) is 1. The van der Waals surface area contributed by atoms with Crippen molar-refractivity contribution in [3.8, 4) is 6.07 Å². The summed E-state index contributed by atoms with van der Waals surface area (Å²) in [5.41, 5.74) is -0.649. The van der Waals surface area contributed by atoms with E-state index < -0.39 is 11.4 Å². The third-order valence-corrected chi connectivity index (χ3v) is 2.60. The van der Waals surface area contributed by atoms with E-state index in [1.807, 2.05) is 6.07 Å². The number of carboxylic acid groups (broad SMARTS) is 1. The topological polar surface area (TPSA) is 61.1 Å². The molecule has 0 aliphatic heterocycles. The molecule has 3 nitrogen and oxygen atoms in total. The lowest BCUT2D eigenvalue weighted by Gasteiger charge is -2.22. The quantitative estimate of drug-likeness (QED) is 0.857. The minimum Gasteiger partial charge on any atom is -0.481 e. The molecule has 4 heteroatoms. The molecule has 0 amide bonds. The van der Waals surface area contributed by atoms with Crippen LogP contribution in [0, 0.1) is 11.3 Å². The van der Waals surface area contributed by atoms with E-state index in [2.05, 4.69) is 0 Å². The standard InChI is InChI=1S/C11H10ClNO2/c1-11(5-6-13,10(14)15)8-3-2-4-9(12)7-8/h2-4,7H,5H2,1H3,(H,14,15). The summed E-state index contributed by atoms with van der Waals surface area (Å²) < 4.78 is 0. The Bertz CT molecular complexity index is 425. The number of halogens is 1. The van der Waals surface area contributed by atoms with Crippen LogP contribution in [0.25, 0.3) is 0 Å². The largest absolute Gasteiger partial charge is 0.481 e. The van der Waals surface area contributed by atoms with Crippen LogP contribution < -0.4 is 0 Å². The number of rotatable bonds is 3. The molecule has 0 aliphatic rings. The van der Waals surface area contributed by atoms with Gasteiger partial charge in [-0.3, -0.25) is 4.79 Å². The van der Waals surface area contributed by atoms with Crippen LogP contribution in [0.5, 0.6) is 0 Å². The molecular formula is C11H10ClNO2. The van der Waals surface area contributed by atoms with Gasteiger partial charge in [0, 0.05) is 5.02 Å². The number of nitrogens with zero attached hydrogens (tertiary/aromatic N) is 1. The molecule has 1 N–H and O–H groups in total. The van der Waals surface area contributed by atoms with Gasteiger partial charge in [-0.1, -0.05) is 23.7 Å². The highest BCUT2D eigenvalue weighted by molar-refractivity contribution is 6.30. The summed E-state index contributed by atoms with van der Waals surface area (Å²) in [6.45, 7) is 1.52. The zero-order chi connectivity index (χ0) is 11.5. The molecule has 1 rings (SSSR count). The van der Waals surface area contributed by atoms with Gasteiger partial charge in [0.1, 0.15) is 5.41 Å². The van der Waals surface area contributed by atoms with Crippen molar-refractivity contribution in [2.75, 3.05) is 0 Å². The molecule has 1 atom stereocenters. The fraction of sp³-hybridized carbons (Fsp3) is 0.273. The molecule has 0 aliphatic carbocycles. The van der Waals surface area contributed by atoms with Crippen LogP contribution in [0.4, 0.5) is 0 Å². The lowest BCUT2D eigenvalue weighted by Crippen LogP contribution is -2.31. The Morgan fingerprint density at radius 2 is 2.33 bits per heavy atom. The van der Waals surface area contributed by atoms with Crippen molar-refractivity contribution in [1.29, 1.82) is 5.26 Å². The monoisotopic (exact) mass is 223 g/mol. The average Bonchev–Trinajstić information content (AvgIpc) is 2.17. The van der Waals surface area contributed by atoms with Gasteiger partial charge >= 0.3 is 5.97 Å². The van der Waals surface area contributed by atoms with E-state index in [1.54, 1.807) is 24.3 Å². The van der Waals surface area contributed by atoms with Crippen LogP contribution in [0.3, 0.4) is 0 Å². The first-order valence-corrected chi connectivity index (χ1v) is 4.75. The molecule has 0 bridgehead atoms. The number of carbonyl (C=O) groups is 1. The number of benzene rings is 1. The predicted octanol–water partition coefficient (Wildman–Crippen LogP) is 2.60. The first kappa shape index (κ1) is 11.5. The molecule has 1 aromatic rings. The molecule has 0 heterocycles. The molecular weight excluding hydrogens is 214 g/mol. The smallest absolute Gasteiger partial charge is 0.314 e. The van der Waals surface area contributed by atoms with Gasteiger partial charge < -0.3 is 5.11 Å². The van der Waals surface area contributed by atoms with Crippen LogP contribution in [-0.2, 0) is 10.2 Å². The van der Waals surface area contributed by atoms with Gasteiger partial charge in [-0.2, -0.15) is 5.26 Å². The van der Waals surface area contributed by atoms with E-state index in [-0.39, 0.29) is 6.42 Å². The second kappa shape index (κ2) is 4.33. The van der Waals surface area contributed by atoms with Gasteiger partial charge in [-0.25, -0.2) is 0 Å². The normalized spacial score (nSPS) is 13.9. The molecule has 0 aromatic heterocycles. The Hall–Kier alpha value is -1.53. The maximum Gasteiger partial charge on any atom is 0.314 e. The Balaban J connectivity index is 3.22. The molecule has 0 spiro atoms. The molecule has 0 fully saturated rings. The minimum atomic E-state index is -1.19. The van der Waals surface area contributed by atoms with Crippen molar-refractivity contribution in [2.24, 2.45) is 0 Å². The van der Waals surface area contributed by atoms with Gasteiger partial charge in [-0.15, -0.1) is 0 Å². The van der Waals surface area contributed by atoms with Gasteiger partial charge in [0.25, 0.3) is 0 Å². The highest BCUT2D eigenvalue weighted by Crippen LogP contribution is 2.29. The molecule has 1 aromatic carbocycles. The fourth-order valence-corrected chi connectivity index (χ4v) is 1.48. The number of hydrogen-bond acceptors (Lipinski definition) is 2. The SMILES string of the molecule is CC(CC#N)(C(=O)O)c1cccc(Cl)c1. The first-order chi connectivity index (χ1) is 7.00. The number of carboxylic acids is 1. The van der Waals surface area contributed by atoms with Crippen molar-refractivity contribution in [2.45, 2.75) is 18.8 Å². The fourth-order valence-electron chi connectivity index (χ4n) is 1.29. The summed E-state index contributed by atoms with van der Waals surface area (Å²) in [5, 5.41) is 18.2. The third kappa shape index (κ3) is 2.28. The second-order valence-electron chi connectivity index (χ2n) is 3.48. The Morgan fingerprint density at radius 3 is 2.80 bits per heavy atom. The van der Waals surface area contributed by atoms with Crippen molar-refractivity contribution in [3.05, 3.63) is 34.9 Å². The van der Waals surface area contributed by atoms with Crippen LogP contribution in [0.15, 0.2) is 24.3 Å². The Kier molecular flexibility index (Phi) is 3.33. The summed E-state index contributed by atoms with van der Waals surface area (Å²) in [6, 6.07) is 8.47. The predicted molar refractivity (Wildman–Crippen MR) is 56.7 cm³/mol. The van der Waals surface area contributed by atoms with Crippen molar-refractivity contribution < 1.29 is 9.90 Å². The first-order valence-electron chi connectivity index (χ1n) is 4.37. The summed E-state index contributed by atoms with van der Waals surface area (Å²) in [4.78, 5) is 11.1. The van der Waals surface area contributed by atoms with E-state index in [9.17, 15) is 4.79 Å². The summed E-state index contributed by atoms with van der Waals surface area (Å²) in [5.74, 6) is -1.02. The van der Waals surface area contributed by atoms with Crippen molar-refractivity contribution >= 4 is 17.6 Å². The summed E-state index contributed by atoms with van der Waals surface area (Å²) in [7, 11) is 0. The molecule has 0 saturated heterocycles. The van der Waals surface area contributed by atoms with Crippen LogP contribution >= 0.6 is 11.6 Å². The minimum absolute atomic E-state index is 0.0807. The van der Waals surface area contributed by atoms with E-state index in [4.69, 9.17) is 22.0 Å². The van der Waals surface area contributed by atoms with Crippen molar-refractivity contribution in [3.63, 3.8) is 0 Å². The van der Waals surface area contributed by atoms with E-state index in [0.717, 1.165) is 0 Å². The van der Waals surface area contributed by atoms with Crippen LogP contribution in [0.2, 0.25) is 5.02 Å². The molecule has 0 saturated carbocycles. The van der Waals surface area contributed by atoms with Gasteiger partial charge in [0.2, 0.25) is 0 Å². The lowest BCUT2D eigenvalue weighted by atomic mass is 9.80. The third-order valence-electron chi connectivity index (χ3n) is 2.37. The maximum atomic E-state index is 11.1. The number of aliphatic carboxylic acids is 1. The molecule has 78 valence electrons. The van der Waals surface area contributed by atoms with E-state index in [1.165, 1.54) is 6.92 Å². The van der Waals surface area contributed by atoms with Crippen LogP contribution in [-0.4, -0.2) is 11.1 Å². The van der Waals surface area contributed by atoms with Gasteiger partial charge in [-0.05, 0) is 24.6 Å². The van der Waals surface area contributed by atoms with E-state index in [0.29, 0.717) is 10.6 Å². The Morgan fingerprint density at radius 1 is 1.67 bits per heavy atom. The Labute approximate surface area is 92.9 Å². The lowest BCUT2D eigenvalue weighted by molar-refractivity contribution is -0.143. The molecule has 0 radical (unpaired) electrons. The molecule has 1 unspecified atom stereocenters. The van der Waals surface area contributed by atoms with Crippen molar-refractivity contribution in [1.82, 2.24) is 0 Å². The summed E-state index contributed by atoms with van der Waals surface area (Å²) >= 11 is 5.78. The average molecular weight is 224 g/mol. The number of nitriles is 1. The van der Waals surface area contributed by atoms with E-state index >= 15 is 0 Å². The second-order valence-corrected chi connectivity index (χ2v) is 3.92. The van der Waals surface area contributed by atoms with Crippen LogP contribution in [0.1, 0.15) is 18.9 Å². The summed E-state index contributed by atoms with van der Waals surface area (Å²) in [6.07, 6.45) is -0.0807. The highest BCUT2D eigenvalue weighted by atomic mass is 35.5. The highest BCUT2D eigenvalue weighted by Gasteiger charge is 2.35. The maximum absolute atomic E-state index is 11.1. The molecule has 15 heavy (non-hydrogen) atoms. The van der Waals surface area contributed by atoms with Gasteiger partial charge in [0.15, 0.2) is 0 Å².